The molecule has 2 rings (SSSR count). The highest BCUT2D eigenvalue weighted by atomic mass is 35.5. The summed E-state index contributed by atoms with van der Waals surface area (Å²) in [6.45, 7) is 0.574. The van der Waals surface area contributed by atoms with Gasteiger partial charge < -0.3 is 5.32 Å². The Bertz CT molecular complexity index is 442. The van der Waals surface area contributed by atoms with Crippen LogP contribution >= 0.6 is 11.6 Å². The number of halogens is 4. The molecule has 0 saturated heterocycles. The fourth-order valence-electron chi connectivity index (χ4n) is 2.63. The van der Waals surface area contributed by atoms with Gasteiger partial charge in [-0.1, -0.05) is 25.3 Å². The van der Waals surface area contributed by atoms with Gasteiger partial charge in [0, 0.05) is 17.8 Å². The first kappa shape index (κ1) is 15.4. The van der Waals surface area contributed by atoms with Crippen molar-refractivity contribution in [1.29, 1.82) is 0 Å². The van der Waals surface area contributed by atoms with E-state index >= 15 is 0 Å². The summed E-state index contributed by atoms with van der Waals surface area (Å²) in [6.07, 6.45) is 1.09. The second-order valence-electron chi connectivity index (χ2n) is 5.45. The average Bonchev–Trinajstić information content (AvgIpc) is 2.46. The maximum atomic E-state index is 12.6. The summed E-state index contributed by atoms with van der Waals surface area (Å²) in [4.78, 5) is 3.61. The van der Waals surface area contributed by atoms with Gasteiger partial charge in [0.05, 0.1) is 0 Å². The summed E-state index contributed by atoms with van der Waals surface area (Å²) in [5.41, 5.74) is -0.888. The second-order valence-corrected chi connectivity index (χ2v) is 5.72. The molecule has 0 bridgehead atoms. The molecule has 1 aliphatic rings. The monoisotopic (exact) mass is 306 g/mol. The van der Waals surface area contributed by atoms with Crippen molar-refractivity contribution in [3.63, 3.8) is 0 Å². The van der Waals surface area contributed by atoms with Gasteiger partial charge in [0.15, 0.2) is 0 Å². The predicted octanol–water partition coefficient (Wildman–Crippen LogP) is 4.70. The van der Waals surface area contributed by atoms with Crippen molar-refractivity contribution in [2.45, 2.75) is 38.3 Å². The van der Waals surface area contributed by atoms with Crippen LogP contribution in [0.25, 0.3) is 0 Å². The van der Waals surface area contributed by atoms with E-state index in [0.717, 1.165) is 31.7 Å². The lowest BCUT2D eigenvalue weighted by Gasteiger charge is -2.35. The lowest BCUT2D eigenvalue weighted by molar-refractivity contribution is -0.141. The molecular weight excluding hydrogens is 289 g/mol. The van der Waals surface area contributed by atoms with Crippen LogP contribution in [0.4, 0.5) is 19.0 Å². The molecule has 1 aliphatic carbocycles. The van der Waals surface area contributed by atoms with Gasteiger partial charge in [-0.3, -0.25) is 0 Å². The van der Waals surface area contributed by atoms with Gasteiger partial charge in [0.1, 0.15) is 11.5 Å². The van der Waals surface area contributed by atoms with E-state index in [1.54, 1.807) is 6.07 Å². The Hall–Kier alpha value is -0.970. The van der Waals surface area contributed by atoms with Gasteiger partial charge in [-0.2, -0.15) is 13.2 Å². The van der Waals surface area contributed by atoms with Crippen molar-refractivity contribution in [2.75, 3.05) is 17.7 Å². The van der Waals surface area contributed by atoms with E-state index in [4.69, 9.17) is 11.6 Å². The van der Waals surface area contributed by atoms with Crippen molar-refractivity contribution in [2.24, 2.45) is 5.41 Å². The number of nitrogens with zero attached hydrogens (tertiary/aromatic N) is 1. The zero-order valence-corrected chi connectivity index (χ0v) is 11.9. The van der Waals surface area contributed by atoms with Crippen molar-refractivity contribution in [1.82, 2.24) is 4.98 Å². The van der Waals surface area contributed by atoms with E-state index in [-0.39, 0.29) is 11.2 Å². The number of hydrogen-bond acceptors (Lipinski definition) is 2. The van der Waals surface area contributed by atoms with Crippen molar-refractivity contribution >= 4 is 17.4 Å². The first-order valence-corrected chi connectivity index (χ1v) is 7.33. The lowest BCUT2D eigenvalue weighted by atomic mass is 9.75. The Kier molecular flexibility index (Phi) is 4.78. The Morgan fingerprint density at radius 2 is 1.90 bits per heavy atom. The summed E-state index contributed by atoms with van der Waals surface area (Å²) >= 11 is 6.07. The highest BCUT2D eigenvalue weighted by Gasteiger charge is 2.33. The number of nitrogens with one attached hydrogen (secondary N) is 1. The molecule has 0 aliphatic heterocycles. The summed E-state index contributed by atoms with van der Waals surface area (Å²) in [5, 5.41) is 3.02. The van der Waals surface area contributed by atoms with Gasteiger partial charge in [-0.15, -0.1) is 11.6 Å². The maximum absolute atomic E-state index is 12.6. The molecule has 1 saturated carbocycles. The number of pyridine rings is 1. The fourth-order valence-corrected chi connectivity index (χ4v) is 2.99. The molecule has 0 amide bonds. The minimum Gasteiger partial charge on any atom is -0.369 e. The third-order valence-corrected chi connectivity index (χ3v) is 4.45. The van der Waals surface area contributed by atoms with E-state index in [1.165, 1.54) is 12.5 Å². The largest absolute Gasteiger partial charge is 0.433 e. The zero-order valence-electron chi connectivity index (χ0n) is 11.1. The van der Waals surface area contributed by atoms with Crippen molar-refractivity contribution in [3.8, 4) is 0 Å². The molecule has 1 aromatic rings. The van der Waals surface area contributed by atoms with Crippen LogP contribution in [0.2, 0.25) is 0 Å². The van der Waals surface area contributed by atoms with E-state index in [2.05, 4.69) is 10.3 Å². The van der Waals surface area contributed by atoms with Crippen LogP contribution in [0, 0.1) is 5.41 Å². The molecule has 0 aromatic carbocycles. The Morgan fingerprint density at radius 1 is 1.20 bits per heavy atom. The SMILES string of the molecule is FC(F)(F)c1cccc(NCC2(CCl)CCCCC2)n1. The van der Waals surface area contributed by atoms with E-state index in [9.17, 15) is 13.2 Å². The second kappa shape index (κ2) is 6.20. The highest BCUT2D eigenvalue weighted by Crippen LogP contribution is 2.37. The summed E-state index contributed by atoms with van der Waals surface area (Å²) in [5.74, 6) is 0.786. The zero-order chi connectivity index (χ0) is 14.6. The van der Waals surface area contributed by atoms with Crippen molar-refractivity contribution < 1.29 is 13.2 Å². The molecule has 1 heterocycles. The van der Waals surface area contributed by atoms with E-state index in [1.807, 2.05) is 0 Å². The molecule has 0 unspecified atom stereocenters. The number of rotatable bonds is 4. The van der Waals surface area contributed by atoms with Gasteiger partial charge >= 0.3 is 6.18 Å². The van der Waals surface area contributed by atoms with Gasteiger partial charge in [-0.05, 0) is 25.0 Å². The highest BCUT2D eigenvalue weighted by molar-refractivity contribution is 6.18. The standard InChI is InChI=1S/C14H18ClF3N2/c15-9-13(7-2-1-3-8-13)10-19-12-6-4-5-11(20-12)14(16,17)18/h4-6H,1-3,7-10H2,(H,19,20). The molecule has 0 radical (unpaired) electrons. The number of aromatic nitrogens is 1. The van der Waals surface area contributed by atoms with Crippen LogP contribution in [0.15, 0.2) is 18.2 Å². The average molecular weight is 307 g/mol. The molecule has 1 N–H and O–H groups in total. The summed E-state index contributed by atoms with van der Waals surface area (Å²) < 4.78 is 37.8. The van der Waals surface area contributed by atoms with Crippen LogP contribution in [0.1, 0.15) is 37.8 Å². The minimum absolute atomic E-state index is 0.0181. The molecule has 2 nitrogen and oxygen atoms in total. The van der Waals surface area contributed by atoms with Crippen LogP contribution in [-0.2, 0) is 6.18 Å². The Labute approximate surface area is 121 Å². The van der Waals surface area contributed by atoms with Crippen LogP contribution in [-0.4, -0.2) is 17.4 Å². The fraction of sp³-hybridized carbons (Fsp3) is 0.643. The number of alkyl halides is 4. The topological polar surface area (TPSA) is 24.9 Å². The van der Waals surface area contributed by atoms with Crippen LogP contribution < -0.4 is 5.32 Å². The predicted molar refractivity (Wildman–Crippen MR) is 74.0 cm³/mol. The molecule has 20 heavy (non-hydrogen) atoms. The van der Waals surface area contributed by atoms with E-state index < -0.39 is 11.9 Å². The Balaban J connectivity index is 2.03. The molecule has 112 valence electrons. The maximum Gasteiger partial charge on any atom is 0.433 e. The van der Waals surface area contributed by atoms with Gasteiger partial charge in [0.25, 0.3) is 0 Å². The summed E-state index contributed by atoms with van der Waals surface area (Å²) in [6, 6.07) is 3.90. The molecule has 1 aromatic heterocycles. The van der Waals surface area contributed by atoms with Crippen molar-refractivity contribution in [3.05, 3.63) is 23.9 Å². The lowest BCUT2D eigenvalue weighted by Crippen LogP contribution is -2.34. The molecule has 6 heteroatoms. The van der Waals surface area contributed by atoms with Gasteiger partial charge in [-0.25, -0.2) is 4.98 Å². The molecule has 0 spiro atoms. The molecular formula is C14H18ClF3N2. The normalized spacial score (nSPS) is 18.8. The third kappa shape index (κ3) is 3.78. The smallest absolute Gasteiger partial charge is 0.369 e. The quantitative estimate of drug-likeness (QED) is 0.815. The number of hydrogen-bond donors (Lipinski definition) is 1. The molecule has 0 atom stereocenters. The third-order valence-electron chi connectivity index (χ3n) is 3.88. The molecule has 1 fully saturated rings. The number of anilines is 1. The Morgan fingerprint density at radius 3 is 2.50 bits per heavy atom. The van der Waals surface area contributed by atoms with Crippen LogP contribution in [0.3, 0.4) is 0 Å². The van der Waals surface area contributed by atoms with Crippen LogP contribution in [0.5, 0.6) is 0 Å². The van der Waals surface area contributed by atoms with E-state index in [0.29, 0.717) is 12.4 Å². The summed E-state index contributed by atoms with van der Waals surface area (Å²) in [7, 11) is 0. The first-order valence-electron chi connectivity index (χ1n) is 6.79. The van der Waals surface area contributed by atoms with Gasteiger partial charge in [0.2, 0.25) is 0 Å². The first-order chi connectivity index (χ1) is 9.45. The minimum atomic E-state index is -4.41.